The van der Waals surface area contributed by atoms with Gasteiger partial charge in [0.15, 0.2) is 5.82 Å². The van der Waals surface area contributed by atoms with Gasteiger partial charge in [-0.25, -0.2) is 4.39 Å². The number of aryl methyl sites for hydroxylation is 1. The molecule has 1 fully saturated rings. The molecule has 0 spiro atoms. The lowest BCUT2D eigenvalue weighted by Crippen LogP contribution is -2.43. The van der Waals surface area contributed by atoms with Gasteiger partial charge in [0, 0.05) is 32.2 Å². The summed E-state index contributed by atoms with van der Waals surface area (Å²) in [6.45, 7) is 8.02. The number of aromatic nitrogens is 1. The number of nitrogens with zero attached hydrogens (tertiary/aromatic N) is 3. The predicted octanol–water partition coefficient (Wildman–Crippen LogP) is 2.66. The largest absolute Gasteiger partial charge is 0.360 e. The highest BCUT2D eigenvalue weighted by molar-refractivity contribution is 5.93. The van der Waals surface area contributed by atoms with Crippen LogP contribution in [0.3, 0.4) is 0 Å². The first-order valence-corrected chi connectivity index (χ1v) is 8.96. The predicted molar refractivity (Wildman–Crippen MR) is 97.2 cm³/mol. The van der Waals surface area contributed by atoms with Gasteiger partial charge in [0.05, 0.1) is 6.04 Å². The minimum absolute atomic E-state index is 0.0784. The molecule has 1 amide bonds. The first-order chi connectivity index (χ1) is 12.5. The molecule has 0 radical (unpaired) electrons. The summed E-state index contributed by atoms with van der Waals surface area (Å²) < 4.78 is 18.0. The Morgan fingerprint density at radius 2 is 2.04 bits per heavy atom. The average molecular weight is 360 g/mol. The summed E-state index contributed by atoms with van der Waals surface area (Å²) in [6.07, 6.45) is 0.988. The number of hydrogen-bond acceptors (Lipinski definition) is 5. The highest BCUT2D eigenvalue weighted by Gasteiger charge is 2.24. The third kappa shape index (κ3) is 4.89. The lowest BCUT2D eigenvalue weighted by Gasteiger charge is -2.26. The van der Waals surface area contributed by atoms with Crippen molar-refractivity contribution in [3.63, 3.8) is 0 Å². The van der Waals surface area contributed by atoms with Gasteiger partial charge in [-0.2, -0.15) is 0 Å². The van der Waals surface area contributed by atoms with Crippen LogP contribution in [0.15, 0.2) is 34.9 Å². The molecule has 3 rings (SSSR count). The molecule has 1 atom stereocenters. The van der Waals surface area contributed by atoms with Crippen LogP contribution in [0.1, 0.15) is 24.7 Å². The molecule has 2 heterocycles. The van der Waals surface area contributed by atoms with Crippen molar-refractivity contribution in [2.45, 2.75) is 32.9 Å². The van der Waals surface area contributed by atoms with E-state index in [4.69, 9.17) is 4.52 Å². The molecule has 7 heteroatoms. The van der Waals surface area contributed by atoms with Gasteiger partial charge < -0.3 is 9.84 Å². The Morgan fingerprint density at radius 3 is 2.73 bits per heavy atom. The third-order valence-corrected chi connectivity index (χ3v) is 4.75. The van der Waals surface area contributed by atoms with E-state index in [1.807, 2.05) is 19.1 Å². The molecular formula is C19H25FN4O2. The second-order valence-corrected chi connectivity index (χ2v) is 6.78. The molecule has 26 heavy (non-hydrogen) atoms. The molecule has 6 nitrogen and oxygen atoms in total. The van der Waals surface area contributed by atoms with Crippen molar-refractivity contribution in [1.82, 2.24) is 15.0 Å². The summed E-state index contributed by atoms with van der Waals surface area (Å²) in [5.74, 6) is 0.828. The monoisotopic (exact) mass is 360 g/mol. The van der Waals surface area contributed by atoms with Crippen LogP contribution >= 0.6 is 0 Å². The molecule has 1 aromatic carbocycles. The van der Waals surface area contributed by atoms with Gasteiger partial charge in [0.25, 0.3) is 0 Å². The third-order valence-electron chi connectivity index (χ3n) is 4.75. The van der Waals surface area contributed by atoms with Crippen molar-refractivity contribution < 1.29 is 13.7 Å². The maximum Gasteiger partial charge on any atom is 0.242 e. The summed E-state index contributed by atoms with van der Waals surface area (Å²) in [6, 6.07) is 8.12. The number of nitrogens with one attached hydrogen (secondary N) is 1. The molecule has 1 aliphatic heterocycles. The quantitative estimate of drug-likeness (QED) is 0.888. The van der Waals surface area contributed by atoms with Crippen LogP contribution in [0.25, 0.3) is 0 Å². The zero-order valence-electron chi connectivity index (χ0n) is 15.2. The molecule has 1 saturated heterocycles. The molecule has 2 aromatic rings. The van der Waals surface area contributed by atoms with E-state index in [1.54, 1.807) is 13.0 Å². The highest BCUT2D eigenvalue weighted by Crippen LogP contribution is 2.13. The zero-order chi connectivity index (χ0) is 18.5. The second-order valence-electron chi connectivity index (χ2n) is 6.78. The number of carbonyl (C=O) groups is 1. The first kappa shape index (κ1) is 18.5. The van der Waals surface area contributed by atoms with Gasteiger partial charge in [-0.05, 0) is 44.5 Å². The molecule has 140 valence electrons. The fraction of sp³-hybridized carbons (Fsp3) is 0.474. The SMILES string of the molecule is Cc1cc(NC(=O)C(C)N2CCCN(Cc3ccc(F)cc3)CC2)no1. The smallest absolute Gasteiger partial charge is 0.242 e. The van der Waals surface area contributed by atoms with Crippen molar-refractivity contribution in [2.75, 3.05) is 31.5 Å². The molecular weight excluding hydrogens is 335 g/mol. The average Bonchev–Trinajstić information content (AvgIpc) is 2.89. The van der Waals surface area contributed by atoms with E-state index < -0.39 is 0 Å². The van der Waals surface area contributed by atoms with E-state index in [0.717, 1.165) is 44.7 Å². The van der Waals surface area contributed by atoms with Crippen LogP contribution < -0.4 is 5.32 Å². The minimum Gasteiger partial charge on any atom is -0.360 e. The van der Waals surface area contributed by atoms with Crippen molar-refractivity contribution in [3.8, 4) is 0 Å². The molecule has 0 saturated carbocycles. The summed E-state index contributed by atoms with van der Waals surface area (Å²) >= 11 is 0. The Morgan fingerprint density at radius 1 is 1.27 bits per heavy atom. The van der Waals surface area contributed by atoms with Gasteiger partial charge >= 0.3 is 0 Å². The fourth-order valence-corrected chi connectivity index (χ4v) is 3.21. The summed E-state index contributed by atoms with van der Waals surface area (Å²) in [4.78, 5) is 17.0. The summed E-state index contributed by atoms with van der Waals surface area (Å²) in [5.41, 5.74) is 1.10. The summed E-state index contributed by atoms with van der Waals surface area (Å²) in [7, 11) is 0. The molecule has 0 aliphatic carbocycles. The van der Waals surface area contributed by atoms with Crippen LogP contribution in [-0.2, 0) is 11.3 Å². The van der Waals surface area contributed by atoms with Gasteiger partial charge in [0.2, 0.25) is 5.91 Å². The Bertz CT molecular complexity index is 731. The van der Waals surface area contributed by atoms with Gasteiger partial charge in [-0.1, -0.05) is 17.3 Å². The highest BCUT2D eigenvalue weighted by atomic mass is 19.1. The molecule has 1 aromatic heterocycles. The number of carbonyl (C=O) groups excluding carboxylic acids is 1. The second kappa shape index (κ2) is 8.42. The van der Waals surface area contributed by atoms with Gasteiger partial charge in [0.1, 0.15) is 11.6 Å². The van der Waals surface area contributed by atoms with Gasteiger partial charge in [-0.15, -0.1) is 0 Å². The normalized spacial score (nSPS) is 17.7. The van der Waals surface area contributed by atoms with E-state index in [2.05, 4.69) is 20.3 Å². The standard InChI is InChI=1S/C19H25FN4O2/c1-14-12-18(22-26-14)21-19(25)15(2)24-9-3-8-23(10-11-24)13-16-4-6-17(20)7-5-16/h4-7,12,15H,3,8-11,13H2,1-2H3,(H,21,22,25). The maximum atomic E-state index is 13.0. The fourth-order valence-electron chi connectivity index (χ4n) is 3.21. The number of halogens is 1. The van der Waals surface area contributed by atoms with E-state index >= 15 is 0 Å². The van der Waals surface area contributed by atoms with Crippen LogP contribution in [-0.4, -0.2) is 53.1 Å². The summed E-state index contributed by atoms with van der Waals surface area (Å²) in [5, 5.41) is 6.61. The van der Waals surface area contributed by atoms with E-state index in [-0.39, 0.29) is 17.8 Å². The van der Waals surface area contributed by atoms with Crippen molar-refractivity contribution in [3.05, 3.63) is 47.5 Å². The molecule has 0 bridgehead atoms. The zero-order valence-corrected chi connectivity index (χ0v) is 15.2. The maximum absolute atomic E-state index is 13.0. The van der Waals surface area contributed by atoms with E-state index in [0.29, 0.717) is 11.6 Å². The number of hydrogen-bond donors (Lipinski definition) is 1. The Labute approximate surface area is 152 Å². The van der Waals surface area contributed by atoms with E-state index in [9.17, 15) is 9.18 Å². The minimum atomic E-state index is -0.238. The number of rotatable bonds is 5. The van der Waals surface area contributed by atoms with E-state index in [1.165, 1.54) is 12.1 Å². The Kier molecular flexibility index (Phi) is 6.00. The van der Waals surface area contributed by atoms with Crippen LogP contribution in [0.4, 0.5) is 10.2 Å². The number of benzene rings is 1. The lowest BCUT2D eigenvalue weighted by molar-refractivity contribution is -0.120. The Balaban J connectivity index is 1.52. The number of amides is 1. The van der Waals surface area contributed by atoms with Gasteiger partial charge in [-0.3, -0.25) is 14.6 Å². The van der Waals surface area contributed by atoms with Crippen LogP contribution in [0, 0.1) is 12.7 Å². The molecule has 1 unspecified atom stereocenters. The Hall–Kier alpha value is -2.25. The topological polar surface area (TPSA) is 61.6 Å². The van der Waals surface area contributed by atoms with Crippen LogP contribution in [0.5, 0.6) is 0 Å². The first-order valence-electron chi connectivity index (χ1n) is 8.96. The van der Waals surface area contributed by atoms with Crippen molar-refractivity contribution in [1.29, 1.82) is 0 Å². The van der Waals surface area contributed by atoms with Crippen molar-refractivity contribution in [2.24, 2.45) is 0 Å². The number of anilines is 1. The van der Waals surface area contributed by atoms with Crippen molar-refractivity contribution >= 4 is 11.7 Å². The lowest BCUT2D eigenvalue weighted by atomic mass is 10.2. The molecule has 1 aliphatic rings. The van der Waals surface area contributed by atoms with Crippen LogP contribution in [0.2, 0.25) is 0 Å². The molecule has 1 N–H and O–H groups in total.